The number of carbonyl (C=O) groups excluding carboxylic acids is 1. The van der Waals surface area contributed by atoms with Gasteiger partial charge in [-0.3, -0.25) is 4.79 Å². The van der Waals surface area contributed by atoms with Gasteiger partial charge in [0.05, 0.1) is 11.3 Å². The third kappa shape index (κ3) is 4.61. The molecule has 2 aromatic rings. The quantitative estimate of drug-likeness (QED) is 0.830. The second kappa shape index (κ2) is 7.28. The molecule has 1 heterocycles. The Labute approximate surface area is 131 Å². The molecular weight excluding hydrogens is 306 g/mol. The van der Waals surface area contributed by atoms with Crippen LogP contribution in [0.25, 0.3) is 0 Å². The van der Waals surface area contributed by atoms with Crippen LogP contribution in [0.15, 0.2) is 46.0 Å². The van der Waals surface area contributed by atoms with Crippen molar-refractivity contribution in [2.45, 2.75) is 11.4 Å². The van der Waals surface area contributed by atoms with Gasteiger partial charge in [-0.25, -0.2) is 4.79 Å². The Morgan fingerprint density at radius 3 is 2.81 bits per heavy atom. The summed E-state index contributed by atoms with van der Waals surface area (Å²) in [6.07, 6.45) is 0. The largest absolute Gasteiger partial charge is 0.478 e. The Morgan fingerprint density at radius 2 is 2.14 bits per heavy atom. The van der Waals surface area contributed by atoms with E-state index in [0.29, 0.717) is 12.3 Å². The number of carbonyl (C=O) groups is 2. The monoisotopic (exact) mass is 321 g/mol. The predicted molar refractivity (Wildman–Crippen MR) is 84.9 cm³/mol. The van der Waals surface area contributed by atoms with E-state index in [1.165, 1.54) is 17.8 Å². The summed E-state index contributed by atoms with van der Waals surface area (Å²) in [6, 6.07) is 8.61. The van der Waals surface area contributed by atoms with E-state index in [-0.39, 0.29) is 11.5 Å². The second-order valence-electron chi connectivity index (χ2n) is 4.50. The van der Waals surface area contributed by atoms with Gasteiger partial charge in [0, 0.05) is 18.5 Å². The summed E-state index contributed by atoms with van der Waals surface area (Å²) < 4.78 is 0. The van der Waals surface area contributed by atoms with Crippen molar-refractivity contribution in [3.63, 3.8) is 0 Å². The number of aromatic carboxylic acids is 1. The van der Waals surface area contributed by atoms with E-state index in [2.05, 4.69) is 0 Å². The van der Waals surface area contributed by atoms with E-state index >= 15 is 0 Å². The molecule has 0 spiro atoms. The zero-order valence-electron chi connectivity index (χ0n) is 11.5. The van der Waals surface area contributed by atoms with Gasteiger partial charge >= 0.3 is 5.97 Å². The van der Waals surface area contributed by atoms with Crippen molar-refractivity contribution in [2.75, 3.05) is 12.8 Å². The van der Waals surface area contributed by atoms with Crippen LogP contribution in [0.3, 0.4) is 0 Å². The fourth-order valence-electron chi connectivity index (χ4n) is 1.72. The Balaban J connectivity index is 1.88. The summed E-state index contributed by atoms with van der Waals surface area (Å²) in [7, 11) is 1.77. The van der Waals surface area contributed by atoms with Crippen molar-refractivity contribution in [1.82, 2.24) is 4.90 Å². The van der Waals surface area contributed by atoms with Gasteiger partial charge < -0.3 is 10.0 Å². The van der Waals surface area contributed by atoms with Crippen LogP contribution in [0.5, 0.6) is 0 Å². The van der Waals surface area contributed by atoms with Crippen molar-refractivity contribution in [3.8, 4) is 0 Å². The molecule has 0 saturated heterocycles. The highest BCUT2D eigenvalue weighted by Gasteiger charge is 2.11. The molecule has 0 atom stereocenters. The molecule has 110 valence electrons. The number of rotatable bonds is 6. The number of carboxylic acids is 1. The van der Waals surface area contributed by atoms with Crippen LogP contribution in [0.1, 0.15) is 15.9 Å². The van der Waals surface area contributed by atoms with Gasteiger partial charge in [-0.1, -0.05) is 6.07 Å². The topological polar surface area (TPSA) is 57.6 Å². The van der Waals surface area contributed by atoms with Crippen molar-refractivity contribution in [3.05, 3.63) is 52.2 Å². The van der Waals surface area contributed by atoms with Crippen LogP contribution < -0.4 is 0 Å². The Bertz CT molecular complexity index is 626. The molecule has 0 saturated carbocycles. The van der Waals surface area contributed by atoms with Crippen LogP contribution in [0.4, 0.5) is 0 Å². The Kier molecular flexibility index (Phi) is 5.41. The molecule has 0 fully saturated rings. The smallest absolute Gasteiger partial charge is 0.335 e. The maximum atomic E-state index is 12.1. The molecule has 0 bridgehead atoms. The highest BCUT2D eigenvalue weighted by molar-refractivity contribution is 8.00. The first-order valence-electron chi connectivity index (χ1n) is 6.27. The number of thioether (sulfide) groups is 1. The van der Waals surface area contributed by atoms with E-state index in [0.717, 1.165) is 10.5 Å². The fraction of sp³-hybridized carbons (Fsp3) is 0.200. The minimum Gasteiger partial charge on any atom is -0.478 e. The fourth-order valence-corrected chi connectivity index (χ4v) is 3.27. The Hall–Kier alpha value is -1.79. The number of benzene rings is 1. The number of hydrogen-bond acceptors (Lipinski definition) is 4. The second-order valence-corrected chi connectivity index (χ2v) is 6.33. The SMILES string of the molecule is CN(Cc1ccsc1)C(=O)CSc1cccc(C(=O)O)c1. The van der Waals surface area contributed by atoms with Crippen LogP contribution in [-0.4, -0.2) is 34.7 Å². The summed E-state index contributed by atoms with van der Waals surface area (Å²) >= 11 is 2.96. The van der Waals surface area contributed by atoms with Gasteiger partial charge in [0.1, 0.15) is 0 Å². The number of nitrogens with zero attached hydrogens (tertiary/aromatic N) is 1. The molecule has 0 aliphatic carbocycles. The molecule has 0 aliphatic heterocycles. The minimum atomic E-state index is -0.960. The molecule has 1 N–H and O–H groups in total. The number of amides is 1. The summed E-state index contributed by atoms with van der Waals surface area (Å²) in [6.45, 7) is 0.595. The standard InChI is InChI=1S/C15H15NO3S2/c1-16(8-11-5-6-20-9-11)14(17)10-21-13-4-2-3-12(7-13)15(18)19/h2-7,9H,8,10H2,1H3,(H,18,19). The molecule has 0 aliphatic rings. The van der Waals surface area contributed by atoms with E-state index in [4.69, 9.17) is 5.11 Å². The lowest BCUT2D eigenvalue weighted by molar-refractivity contribution is -0.127. The lowest BCUT2D eigenvalue weighted by atomic mass is 10.2. The zero-order chi connectivity index (χ0) is 15.2. The lowest BCUT2D eigenvalue weighted by Gasteiger charge is -2.16. The molecule has 1 aromatic carbocycles. The Morgan fingerprint density at radius 1 is 1.33 bits per heavy atom. The van der Waals surface area contributed by atoms with Gasteiger partial charge in [-0.2, -0.15) is 11.3 Å². The molecule has 6 heteroatoms. The summed E-state index contributed by atoms with van der Waals surface area (Å²) in [5, 5.41) is 12.9. The third-order valence-corrected chi connectivity index (χ3v) is 4.58. The molecular formula is C15H15NO3S2. The summed E-state index contributed by atoms with van der Waals surface area (Å²) in [4.78, 5) is 25.4. The van der Waals surface area contributed by atoms with Gasteiger partial charge in [0.15, 0.2) is 0 Å². The minimum absolute atomic E-state index is 0.0203. The first-order chi connectivity index (χ1) is 10.1. The molecule has 2 rings (SSSR count). The normalized spacial score (nSPS) is 10.3. The van der Waals surface area contributed by atoms with Gasteiger partial charge in [0.25, 0.3) is 0 Å². The van der Waals surface area contributed by atoms with Crippen molar-refractivity contribution >= 4 is 35.0 Å². The maximum Gasteiger partial charge on any atom is 0.335 e. The number of hydrogen-bond donors (Lipinski definition) is 1. The van der Waals surface area contributed by atoms with Crippen LogP contribution in [-0.2, 0) is 11.3 Å². The lowest BCUT2D eigenvalue weighted by Crippen LogP contribution is -2.27. The van der Waals surface area contributed by atoms with Crippen molar-refractivity contribution < 1.29 is 14.7 Å². The third-order valence-electron chi connectivity index (χ3n) is 2.87. The van der Waals surface area contributed by atoms with Crippen molar-refractivity contribution in [2.24, 2.45) is 0 Å². The first-order valence-corrected chi connectivity index (χ1v) is 8.20. The van der Waals surface area contributed by atoms with E-state index in [1.54, 1.807) is 35.4 Å². The first kappa shape index (κ1) is 15.6. The summed E-state index contributed by atoms with van der Waals surface area (Å²) in [5.74, 6) is -0.644. The van der Waals surface area contributed by atoms with Crippen LogP contribution in [0, 0.1) is 0 Å². The van der Waals surface area contributed by atoms with Gasteiger partial charge in [0.2, 0.25) is 5.91 Å². The van der Waals surface area contributed by atoms with Gasteiger partial charge in [-0.15, -0.1) is 11.8 Å². The van der Waals surface area contributed by atoms with Crippen LogP contribution in [0.2, 0.25) is 0 Å². The maximum absolute atomic E-state index is 12.1. The molecule has 0 radical (unpaired) electrons. The molecule has 0 unspecified atom stereocenters. The molecule has 4 nitrogen and oxygen atoms in total. The van der Waals surface area contributed by atoms with Gasteiger partial charge in [-0.05, 0) is 40.6 Å². The van der Waals surface area contributed by atoms with E-state index in [9.17, 15) is 9.59 Å². The molecule has 21 heavy (non-hydrogen) atoms. The number of carboxylic acid groups (broad SMARTS) is 1. The van der Waals surface area contributed by atoms with E-state index in [1.807, 2.05) is 22.9 Å². The van der Waals surface area contributed by atoms with E-state index < -0.39 is 5.97 Å². The van der Waals surface area contributed by atoms with Crippen molar-refractivity contribution in [1.29, 1.82) is 0 Å². The average Bonchev–Trinajstić information content (AvgIpc) is 2.97. The van der Waals surface area contributed by atoms with Crippen LogP contribution >= 0.6 is 23.1 Å². The molecule has 1 aromatic heterocycles. The summed E-state index contributed by atoms with van der Waals surface area (Å²) in [5.41, 5.74) is 1.35. The zero-order valence-corrected chi connectivity index (χ0v) is 13.1. The molecule has 1 amide bonds. The highest BCUT2D eigenvalue weighted by Crippen LogP contribution is 2.20. The predicted octanol–water partition coefficient (Wildman–Crippen LogP) is 3.20. The highest BCUT2D eigenvalue weighted by atomic mass is 32.2. The number of thiophene rings is 1. The average molecular weight is 321 g/mol.